The first-order chi connectivity index (χ1) is 7.13. The maximum absolute atomic E-state index is 12.8. The van der Waals surface area contributed by atoms with Gasteiger partial charge in [-0.3, -0.25) is 4.72 Å². The lowest BCUT2D eigenvalue weighted by Gasteiger charge is -2.21. The Morgan fingerprint density at radius 2 is 1.81 bits per heavy atom. The van der Waals surface area contributed by atoms with Crippen LogP contribution >= 0.6 is 0 Å². The number of sulfonamides is 1. The van der Waals surface area contributed by atoms with E-state index in [2.05, 4.69) is 4.72 Å². The van der Waals surface area contributed by atoms with Gasteiger partial charge in [0.05, 0.1) is 10.4 Å². The van der Waals surface area contributed by atoms with Crippen LogP contribution in [0.5, 0.6) is 0 Å². The van der Waals surface area contributed by atoms with Crippen LogP contribution in [-0.2, 0) is 10.0 Å². The van der Waals surface area contributed by atoms with Crippen molar-refractivity contribution in [3.63, 3.8) is 0 Å². The second-order valence-corrected chi connectivity index (χ2v) is 7.11. The number of rotatable bonds is 2. The maximum atomic E-state index is 12.8. The first-order valence-corrected chi connectivity index (χ1v) is 6.40. The van der Waals surface area contributed by atoms with Crippen LogP contribution < -0.4 is 4.72 Å². The van der Waals surface area contributed by atoms with Gasteiger partial charge in [0, 0.05) is 0 Å². The lowest BCUT2D eigenvalue weighted by Crippen LogP contribution is -2.33. The Morgan fingerprint density at radius 3 is 2.25 bits per heavy atom. The molecule has 0 unspecified atom stereocenters. The van der Waals surface area contributed by atoms with E-state index in [1.807, 2.05) is 0 Å². The average molecular weight is 245 g/mol. The molecule has 0 heterocycles. The maximum Gasteiger partial charge on any atom is 0.237 e. The Morgan fingerprint density at radius 1 is 1.25 bits per heavy atom. The summed E-state index contributed by atoms with van der Waals surface area (Å²) in [6.07, 6.45) is 0. The van der Waals surface area contributed by atoms with Crippen LogP contribution in [0.1, 0.15) is 26.3 Å². The zero-order valence-corrected chi connectivity index (χ0v) is 10.7. The zero-order chi connectivity index (χ0) is 12.6. The lowest BCUT2D eigenvalue weighted by atomic mass is 10.2. The molecule has 3 nitrogen and oxygen atoms in total. The summed E-state index contributed by atoms with van der Waals surface area (Å²) in [4.78, 5) is 0. The fourth-order valence-electron chi connectivity index (χ4n) is 1.04. The van der Waals surface area contributed by atoms with E-state index in [9.17, 15) is 12.8 Å². The van der Waals surface area contributed by atoms with Crippen molar-refractivity contribution in [1.82, 2.24) is 0 Å². The van der Waals surface area contributed by atoms with Gasteiger partial charge in [-0.25, -0.2) is 12.8 Å². The third-order valence-electron chi connectivity index (χ3n) is 2.24. The van der Waals surface area contributed by atoms with Crippen LogP contribution in [0.25, 0.3) is 0 Å². The van der Waals surface area contributed by atoms with E-state index in [1.54, 1.807) is 27.7 Å². The van der Waals surface area contributed by atoms with Crippen LogP contribution in [-0.4, -0.2) is 13.2 Å². The number of aryl methyl sites for hydroxylation is 1. The zero-order valence-electron chi connectivity index (χ0n) is 9.83. The van der Waals surface area contributed by atoms with Gasteiger partial charge in [-0.15, -0.1) is 0 Å². The third kappa shape index (κ3) is 2.72. The molecular formula is C11H16FNO2S. The molecule has 0 aliphatic carbocycles. The van der Waals surface area contributed by atoms with Crippen LogP contribution in [0, 0.1) is 12.7 Å². The monoisotopic (exact) mass is 245 g/mol. The normalized spacial score (nSPS) is 12.6. The molecule has 1 N–H and O–H groups in total. The highest BCUT2D eigenvalue weighted by Crippen LogP contribution is 2.22. The average Bonchev–Trinajstić information content (AvgIpc) is 2.08. The molecule has 16 heavy (non-hydrogen) atoms. The smallest absolute Gasteiger partial charge is 0.237 e. The molecule has 0 fully saturated rings. The largest absolute Gasteiger partial charge is 0.283 e. The fraction of sp³-hybridized carbons (Fsp3) is 0.455. The molecule has 90 valence electrons. The number of hydrogen-bond donors (Lipinski definition) is 1. The molecule has 0 bridgehead atoms. The topological polar surface area (TPSA) is 46.2 Å². The molecule has 0 saturated carbocycles. The highest BCUT2D eigenvalue weighted by Gasteiger charge is 2.29. The lowest BCUT2D eigenvalue weighted by molar-refractivity contribution is 0.566. The summed E-state index contributed by atoms with van der Waals surface area (Å²) in [5, 5.41) is 0. The number of anilines is 1. The molecule has 0 spiro atoms. The molecular weight excluding hydrogens is 229 g/mol. The quantitative estimate of drug-likeness (QED) is 0.870. The standard InChI is InChI=1S/C11H16FNO2S/c1-8-7-9(12)5-6-10(8)13-16(14,15)11(2,3)4/h5-7,13H,1-4H3. The first kappa shape index (κ1) is 13.0. The molecule has 0 atom stereocenters. The van der Waals surface area contributed by atoms with Gasteiger partial charge >= 0.3 is 0 Å². The van der Waals surface area contributed by atoms with E-state index in [4.69, 9.17) is 0 Å². The van der Waals surface area contributed by atoms with Crippen molar-refractivity contribution >= 4 is 15.7 Å². The Bertz CT molecular complexity index is 489. The van der Waals surface area contributed by atoms with Gasteiger partial charge in [0.15, 0.2) is 0 Å². The Hall–Kier alpha value is -1.10. The van der Waals surface area contributed by atoms with Gasteiger partial charge in [-0.2, -0.15) is 0 Å². The van der Waals surface area contributed by atoms with Crippen LogP contribution in [0.3, 0.4) is 0 Å². The SMILES string of the molecule is Cc1cc(F)ccc1NS(=O)(=O)C(C)(C)C. The molecule has 1 rings (SSSR count). The highest BCUT2D eigenvalue weighted by molar-refractivity contribution is 7.94. The van der Waals surface area contributed by atoms with Crippen molar-refractivity contribution in [3.8, 4) is 0 Å². The molecule has 1 aromatic carbocycles. The number of hydrogen-bond acceptors (Lipinski definition) is 2. The van der Waals surface area contributed by atoms with E-state index in [0.717, 1.165) is 0 Å². The molecule has 0 radical (unpaired) electrons. The Balaban J connectivity index is 3.07. The summed E-state index contributed by atoms with van der Waals surface area (Å²) < 4.78 is 38.1. The molecule has 1 aromatic rings. The van der Waals surface area contributed by atoms with Gasteiger partial charge in [0.2, 0.25) is 10.0 Å². The van der Waals surface area contributed by atoms with E-state index in [-0.39, 0.29) is 5.82 Å². The third-order valence-corrected chi connectivity index (χ3v) is 4.34. The van der Waals surface area contributed by atoms with Crippen LogP contribution in [0.4, 0.5) is 10.1 Å². The molecule has 0 saturated heterocycles. The highest BCUT2D eigenvalue weighted by atomic mass is 32.2. The summed E-state index contributed by atoms with van der Waals surface area (Å²) in [5.41, 5.74) is 0.976. The minimum Gasteiger partial charge on any atom is -0.283 e. The number of benzene rings is 1. The number of nitrogens with one attached hydrogen (secondary N) is 1. The summed E-state index contributed by atoms with van der Waals surface area (Å²) in [6, 6.07) is 3.95. The van der Waals surface area contributed by atoms with Crippen molar-refractivity contribution in [2.75, 3.05) is 4.72 Å². The summed E-state index contributed by atoms with van der Waals surface area (Å²) in [7, 11) is -3.46. The Labute approximate surface area is 95.7 Å². The second-order valence-electron chi connectivity index (χ2n) is 4.68. The molecule has 0 amide bonds. The van der Waals surface area contributed by atoms with E-state index >= 15 is 0 Å². The second kappa shape index (κ2) is 4.05. The molecule has 5 heteroatoms. The minimum absolute atomic E-state index is 0.379. The van der Waals surface area contributed by atoms with Crippen molar-refractivity contribution in [2.24, 2.45) is 0 Å². The predicted octanol–water partition coefficient (Wildman–Crippen LogP) is 2.67. The van der Waals surface area contributed by atoms with E-state index in [0.29, 0.717) is 11.3 Å². The fourth-order valence-corrected chi connectivity index (χ4v) is 1.86. The summed E-state index contributed by atoms with van der Waals surface area (Å²) in [6.45, 7) is 6.47. The van der Waals surface area contributed by atoms with Crippen molar-refractivity contribution in [3.05, 3.63) is 29.6 Å². The predicted molar refractivity (Wildman–Crippen MR) is 63.4 cm³/mol. The van der Waals surface area contributed by atoms with Gasteiger partial charge in [0.25, 0.3) is 0 Å². The van der Waals surface area contributed by atoms with Gasteiger partial charge in [-0.1, -0.05) is 0 Å². The van der Waals surface area contributed by atoms with Gasteiger partial charge < -0.3 is 0 Å². The van der Waals surface area contributed by atoms with Crippen molar-refractivity contribution in [2.45, 2.75) is 32.4 Å². The molecule has 0 aliphatic rings. The van der Waals surface area contributed by atoms with Gasteiger partial charge in [0.1, 0.15) is 5.82 Å². The van der Waals surface area contributed by atoms with Crippen LogP contribution in [0.2, 0.25) is 0 Å². The minimum atomic E-state index is -3.46. The van der Waals surface area contributed by atoms with Crippen molar-refractivity contribution < 1.29 is 12.8 Å². The van der Waals surface area contributed by atoms with Gasteiger partial charge in [-0.05, 0) is 51.5 Å². The van der Waals surface area contributed by atoms with E-state index < -0.39 is 14.8 Å². The summed E-state index contributed by atoms with van der Waals surface area (Å²) >= 11 is 0. The Kier molecular flexibility index (Phi) is 3.28. The number of halogens is 1. The summed E-state index contributed by atoms with van der Waals surface area (Å²) in [5.74, 6) is -0.379. The molecule has 0 aliphatic heterocycles. The first-order valence-electron chi connectivity index (χ1n) is 4.92. The van der Waals surface area contributed by atoms with Crippen LogP contribution in [0.15, 0.2) is 18.2 Å². The molecule has 0 aromatic heterocycles. The van der Waals surface area contributed by atoms with Crippen molar-refractivity contribution in [1.29, 1.82) is 0 Å². The van der Waals surface area contributed by atoms with E-state index in [1.165, 1.54) is 18.2 Å².